The number of methoxy groups -OCH3 is 2. The number of Topliss-reactive ketones (excluding diaryl/α,β-unsaturated/α-hetero) is 1. The summed E-state index contributed by atoms with van der Waals surface area (Å²) < 4.78 is 10.5. The Morgan fingerprint density at radius 2 is 1.50 bits per heavy atom. The molecule has 0 amide bonds. The van der Waals surface area contributed by atoms with E-state index in [1.807, 2.05) is 30.3 Å². The van der Waals surface area contributed by atoms with Gasteiger partial charge < -0.3 is 9.47 Å². The van der Waals surface area contributed by atoms with E-state index in [1.54, 1.807) is 18.2 Å². The molecule has 3 nitrogen and oxygen atoms in total. The van der Waals surface area contributed by atoms with Crippen molar-refractivity contribution in [2.75, 3.05) is 14.2 Å². The Bertz CT molecular complexity index is 574. The Labute approximate surface area is 123 Å². The molecule has 0 aromatic heterocycles. The minimum absolute atomic E-state index is 0.243. The fourth-order valence-electron chi connectivity index (χ4n) is 1.99. The zero-order valence-corrected chi connectivity index (χ0v) is 12.1. The van der Waals surface area contributed by atoms with E-state index in [-0.39, 0.29) is 5.78 Å². The predicted octanol–water partition coefficient (Wildman–Crippen LogP) is 3.87. The molecule has 20 heavy (non-hydrogen) atoms. The van der Waals surface area contributed by atoms with Crippen LogP contribution in [0.2, 0.25) is 0 Å². The first-order valence-electron chi connectivity index (χ1n) is 6.13. The Kier molecular flexibility index (Phi) is 4.64. The highest BCUT2D eigenvalue weighted by atomic mass is 35.5. The van der Waals surface area contributed by atoms with E-state index in [0.717, 1.165) is 5.56 Å². The molecule has 2 rings (SSSR count). The summed E-state index contributed by atoms with van der Waals surface area (Å²) in [6.07, 6.45) is 0. The zero-order chi connectivity index (χ0) is 14.5. The maximum atomic E-state index is 12.6. The maximum Gasteiger partial charge on any atom is 0.192 e. The number of rotatable bonds is 5. The van der Waals surface area contributed by atoms with E-state index in [4.69, 9.17) is 21.1 Å². The lowest BCUT2D eigenvalue weighted by Gasteiger charge is -2.15. The number of carbonyl (C=O) groups is 1. The van der Waals surface area contributed by atoms with Gasteiger partial charge in [-0.1, -0.05) is 36.4 Å². The van der Waals surface area contributed by atoms with Crippen LogP contribution in [0.3, 0.4) is 0 Å². The standard InChI is InChI=1S/C16H15ClO3/c1-19-12-9-6-10-13(20-2)14(12)16(18)15(17)11-7-4-3-5-8-11/h3-10,15H,1-2H3. The quantitative estimate of drug-likeness (QED) is 0.619. The average molecular weight is 291 g/mol. The number of ether oxygens (including phenoxy) is 2. The van der Waals surface area contributed by atoms with Gasteiger partial charge in [0.1, 0.15) is 22.4 Å². The van der Waals surface area contributed by atoms with E-state index < -0.39 is 5.38 Å². The molecule has 0 aliphatic carbocycles. The largest absolute Gasteiger partial charge is 0.496 e. The van der Waals surface area contributed by atoms with Crippen LogP contribution in [-0.2, 0) is 0 Å². The molecule has 0 fully saturated rings. The molecule has 0 aliphatic rings. The van der Waals surface area contributed by atoms with E-state index in [9.17, 15) is 4.79 Å². The van der Waals surface area contributed by atoms with E-state index >= 15 is 0 Å². The number of benzene rings is 2. The summed E-state index contributed by atoms with van der Waals surface area (Å²) in [6, 6.07) is 14.4. The maximum absolute atomic E-state index is 12.6. The summed E-state index contributed by atoms with van der Waals surface area (Å²) in [5.41, 5.74) is 1.11. The van der Waals surface area contributed by atoms with Crippen molar-refractivity contribution >= 4 is 17.4 Å². The Morgan fingerprint density at radius 1 is 0.950 bits per heavy atom. The van der Waals surface area contributed by atoms with Crippen molar-refractivity contribution in [2.45, 2.75) is 5.38 Å². The zero-order valence-electron chi connectivity index (χ0n) is 11.3. The van der Waals surface area contributed by atoms with Gasteiger partial charge in [0.25, 0.3) is 0 Å². The molecule has 2 aromatic rings. The minimum atomic E-state index is -0.776. The van der Waals surface area contributed by atoms with Gasteiger partial charge in [-0.15, -0.1) is 11.6 Å². The number of hydrogen-bond acceptors (Lipinski definition) is 3. The Hall–Kier alpha value is -2.00. The van der Waals surface area contributed by atoms with Crippen LogP contribution in [0.25, 0.3) is 0 Å². The summed E-state index contributed by atoms with van der Waals surface area (Å²) in [4.78, 5) is 12.6. The highest BCUT2D eigenvalue weighted by Crippen LogP contribution is 2.34. The van der Waals surface area contributed by atoms with Gasteiger partial charge in [0.15, 0.2) is 5.78 Å². The van der Waals surface area contributed by atoms with Crippen LogP contribution in [0.1, 0.15) is 21.3 Å². The second kappa shape index (κ2) is 6.44. The first kappa shape index (κ1) is 14.4. The van der Waals surface area contributed by atoms with Crippen molar-refractivity contribution in [1.82, 2.24) is 0 Å². The Balaban J connectivity index is 2.43. The molecule has 104 valence electrons. The molecule has 4 heteroatoms. The molecule has 1 atom stereocenters. The third-order valence-corrected chi connectivity index (χ3v) is 3.45. The van der Waals surface area contributed by atoms with E-state index in [1.165, 1.54) is 14.2 Å². The molecule has 0 aliphatic heterocycles. The van der Waals surface area contributed by atoms with Gasteiger partial charge in [-0.3, -0.25) is 4.79 Å². The molecule has 0 radical (unpaired) electrons. The van der Waals surface area contributed by atoms with E-state index in [0.29, 0.717) is 17.1 Å². The molecule has 1 unspecified atom stereocenters. The van der Waals surface area contributed by atoms with E-state index in [2.05, 4.69) is 0 Å². The normalized spacial score (nSPS) is 11.8. The van der Waals surface area contributed by atoms with Crippen molar-refractivity contribution in [2.24, 2.45) is 0 Å². The molecule has 2 aromatic carbocycles. The first-order valence-corrected chi connectivity index (χ1v) is 6.57. The predicted molar refractivity (Wildman–Crippen MR) is 78.9 cm³/mol. The summed E-state index contributed by atoms with van der Waals surface area (Å²) in [5, 5.41) is -0.776. The lowest BCUT2D eigenvalue weighted by atomic mass is 10.0. The number of hydrogen-bond donors (Lipinski definition) is 0. The van der Waals surface area contributed by atoms with Crippen molar-refractivity contribution < 1.29 is 14.3 Å². The van der Waals surface area contributed by atoms with Crippen LogP contribution in [0.5, 0.6) is 11.5 Å². The molecule has 0 bridgehead atoms. The molecule has 0 spiro atoms. The smallest absolute Gasteiger partial charge is 0.192 e. The Morgan fingerprint density at radius 3 is 2.00 bits per heavy atom. The van der Waals surface area contributed by atoms with Gasteiger partial charge in [-0.25, -0.2) is 0 Å². The summed E-state index contributed by atoms with van der Waals surface area (Å²) in [7, 11) is 3.02. The third-order valence-electron chi connectivity index (χ3n) is 3.00. The third kappa shape index (κ3) is 2.78. The van der Waals surface area contributed by atoms with Crippen LogP contribution < -0.4 is 9.47 Å². The average Bonchev–Trinajstić information content (AvgIpc) is 2.53. The minimum Gasteiger partial charge on any atom is -0.496 e. The van der Waals surface area contributed by atoms with Crippen molar-refractivity contribution in [3.8, 4) is 11.5 Å². The van der Waals surface area contributed by atoms with Crippen LogP contribution in [0.15, 0.2) is 48.5 Å². The fraction of sp³-hybridized carbons (Fsp3) is 0.188. The highest BCUT2D eigenvalue weighted by Gasteiger charge is 2.25. The number of carbonyl (C=O) groups excluding carboxylic acids is 1. The monoisotopic (exact) mass is 290 g/mol. The number of alkyl halides is 1. The molecule has 0 saturated heterocycles. The van der Waals surface area contributed by atoms with Gasteiger partial charge in [0.05, 0.1) is 14.2 Å². The molecule has 0 saturated carbocycles. The summed E-state index contributed by atoms with van der Waals surface area (Å²) in [5.74, 6) is 0.666. The van der Waals surface area contributed by atoms with Gasteiger partial charge in [0, 0.05) is 0 Å². The van der Waals surface area contributed by atoms with Crippen LogP contribution in [0, 0.1) is 0 Å². The topological polar surface area (TPSA) is 35.5 Å². The molecule has 0 N–H and O–H groups in total. The fourth-order valence-corrected chi connectivity index (χ4v) is 2.25. The van der Waals surface area contributed by atoms with Crippen LogP contribution >= 0.6 is 11.6 Å². The van der Waals surface area contributed by atoms with Crippen molar-refractivity contribution in [3.63, 3.8) is 0 Å². The summed E-state index contributed by atoms with van der Waals surface area (Å²) >= 11 is 6.29. The van der Waals surface area contributed by atoms with Gasteiger partial charge >= 0.3 is 0 Å². The second-order valence-corrected chi connectivity index (χ2v) is 4.61. The first-order chi connectivity index (χ1) is 9.69. The van der Waals surface area contributed by atoms with Crippen LogP contribution in [-0.4, -0.2) is 20.0 Å². The van der Waals surface area contributed by atoms with Gasteiger partial charge in [-0.2, -0.15) is 0 Å². The number of ketones is 1. The van der Waals surface area contributed by atoms with Gasteiger partial charge in [-0.05, 0) is 17.7 Å². The van der Waals surface area contributed by atoms with Crippen molar-refractivity contribution in [3.05, 3.63) is 59.7 Å². The van der Waals surface area contributed by atoms with Crippen LogP contribution in [0.4, 0.5) is 0 Å². The second-order valence-electron chi connectivity index (χ2n) is 4.18. The summed E-state index contributed by atoms with van der Waals surface area (Å²) in [6.45, 7) is 0. The van der Waals surface area contributed by atoms with Crippen molar-refractivity contribution in [1.29, 1.82) is 0 Å². The molecular weight excluding hydrogens is 276 g/mol. The lowest BCUT2D eigenvalue weighted by molar-refractivity contribution is 0.0981. The highest BCUT2D eigenvalue weighted by molar-refractivity contribution is 6.34. The lowest BCUT2D eigenvalue weighted by Crippen LogP contribution is -2.11. The van der Waals surface area contributed by atoms with Gasteiger partial charge in [0.2, 0.25) is 0 Å². The number of halogens is 1. The SMILES string of the molecule is COc1cccc(OC)c1C(=O)C(Cl)c1ccccc1. The molecular formula is C16H15ClO3. The molecule has 0 heterocycles.